The van der Waals surface area contributed by atoms with Crippen molar-refractivity contribution in [2.24, 2.45) is 0 Å². The van der Waals surface area contributed by atoms with E-state index in [2.05, 4.69) is 5.32 Å². The van der Waals surface area contributed by atoms with Gasteiger partial charge in [0.25, 0.3) is 5.91 Å². The zero-order chi connectivity index (χ0) is 15.9. The van der Waals surface area contributed by atoms with Crippen LogP contribution in [0.5, 0.6) is 0 Å². The van der Waals surface area contributed by atoms with Gasteiger partial charge in [0.05, 0.1) is 5.56 Å². The highest BCUT2D eigenvalue weighted by molar-refractivity contribution is 6.34. The van der Waals surface area contributed by atoms with Gasteiger partial charge in [-0.05, 0) is 24.3 Å². The molecule has 0 aromatic heterocycles. The number of hydrogen-bond donors (Lipinski definition) is 1. The molecule has 1 aliphatic rings. The van der Waals surface area contributed by atoms with Crippen LogP contribution in [0.1, 0.15) is 16.7 Å². The average molecular weight is 307 g/mol. The Kier molecular flexibility index (Phi) is 3.24. The SMILES string of the molecule is O=C1Nc2cc(C(F)(F)F)ccc2/C1=C\c1ccccc1F. The van der Waals surface area contributed by atoms with Gasteiger partial charge in [-0.3, -0.25) is 4.79 Å². The lowest BCUT2D eigenvalue weighted by atomic mass is 10.0. The normalized spacial score (nSPS) is 15.8. The molecule has 1 amide bonds. The molecule has 112 valence electrons. The second-order valence-electron chi connectivity index (χ2n) is 4.79. The molecule has 3 rings (SSSR count). The zero-order valence-corrected chi connectivity index (χ0v) is 11.0. The van der Waals surface area contributed by atoms with Gasteiger partial charge in [-0.1, -0.05) is 24.3 Å². The molecule has 2 aromatic rings. The van der Waals surface area contributed by atoms with Crippen molar-refractivity contribution in [3.63, 3.8) is 0 Å². The summed E-state index contributed by atoms with van der Waals surface area (Å²) in [5.74, 6) is -1.07. The number of fused-ring (bicyclic) bond motifs is 1. The fourth-order valence-electron chi connectivity index (χ4n) is 2.26. The first-order chi connectivity index (χ1) is 10.4. The number of halogens is 4. The van der Waals surface area contributed by atoms with Gasteiger partial charge in [0, 0.05) is 22.4 Å². The molecular formula is C16H9F4NO. The number of amides is 1. The summed E-state index contributed by atoms with van der Waals surface area (Å²) in [6, 6.07) is 8.82. The molecule has 22 heavy (non-hydrogen) atoms. The highest BCUT2D eigenvalue weighted by Gasteiger charge is 2.33. The summed E-state index contributed by atoms with van der Waals surface area (Å²) in [7, 11) is 0. The first-order valence-corrected chi connectivity index (χ1v) is 6.35. The van der Waals surface area contributed by atoms with Crippen LogP contribution in [0.15, 0.2) is 42.5 Å². The third-order valence-electron chi connectivity index (χ3n) is 3.33. The number of nitrogens with one attached hydrogen (secondary N) is 1. The van der Waals surface area contributed by atoms with E-state index in [1.807, 2.05) is 0 Å². The Morgan fingerprint density at radius 1 is 1.05 bits per heavy atom. The molecule has 0 radical (unpaired) electrons. The molecule has 0 fully saturated rings. The number of carbonyl (C=O) groups excluding carboxylic acids is 1. The highest BCUT2D eigenvalue weighted by Crippen LogP contribution is 2.38. The third-order valence-corrected chi connectivity index (χ3v) is 3.33. The summed E-state index contributed by atoms with van der Waals surface area (Å²) in [5.41, 5.74) is -0.128. The van der Waals surface area contributed by atoms with E-state index in [9.17, 15) is 22.4 Å². The van der Waals surface area contributed by atoms with Crippen LogP contribution in [0, 0.1) is 5.82 Å². The Hall–Kier alpha value is -2.63. The van der Waals surface area contributed by atoms with Crippen molar-refractivity contribution in [2.45, 2.75) is 6.18 Å². The molecular weight excluding hydrogens is 298 g/mol. The summed E-state index contributed by atoms with van der Waals surface area (Å²) in [6.45, 7) is 0. The summed E-state index contributed by atoms with van der Waals surface area (Å²) in [4.78, 5) is 11.9. The number of anilines is 1. The van der Waals surface area contributed by atoms with Crippen LogP contribution < -0.4 is 5.32 Å². The lowest BCUT2D eigenvalue weighted by Gasteiger charge is -2.08. The Bertz CT molecular complexity index is 793. The van der Waals surface area contributed by atoms with Gasteiger partial charge >= 0.3 is 6.18 Å². The van der Waals surface area contributed by atoms with Crippen molar-refractivity contribution in [1.29, 1.82) is 0 Å². The quantitative estimate of drug-likeness (QED) is 0.616. The van der Waals surface area contributed by atoms with Crippen LogP contribution in [-0.4, -0.2) is 5.91 Å². The molecule has 0 saturated carbocycles. The predicted molar refractivity (Wildman–Crippen MR) is 74.3 cm³/mol. The maximum absolute atomic E-state index is 13.6. The fourth-order valence-corrected chi connectivity index (χ4v) is 2.26. The highest BCUT2D eigenvalue weighted by atomic mass is 19.4. The summed E-state index contributed by atoms with van der Waals surface area (Å²) in [5, 5.41) is 2.37. The van der Waals surface area contributed by atoms with Crippen LogP contribution in [0.3, 0.4) is 0 Å². The topological polar surface area (TPSA) is 29.1 Å². The van der Waals surface area contributed by atoms with Crippen LogP contribution in [0.25, 0.3) is 11.6 Å². The van der Waals surface area contributed by atoms with Crippen molar-refractivity contribution in [3.8, 4) is 0 Å². The summed E-state index contributed by atoms with van der Waals surface area (Å²) >= 11 is 0. The van der Waals surface area contributed by atoms with Crippen molar-refractivity contribution >= 4 is 23.2 Å². The second kappa shape index (κ2) is 4.98. The monoisotopic (exact) mass is 307 g/mol. The fraction of sp³-hybridized carbons (Fsp3) is 0.0625. The number of carbonyl (C=O) groups is 1. The minimum Gasteiger partial charge on any atom is -0.321 e. The molecule has 2 nitrogen and oxygen atoms in total. The lowest BCUT2D eigenvalue weighted by molar-refractivity contribution is -0.137. The Morgan fingerprint density at radius 3 is 2.45 bits per heavy atom. The van der Waals surface area contributed by atoms with Gasteiger partial charge in [-0.25, -0.2) is 4.39 Å². The molecule has 0 spiro atoms. The molecule has 0 bridgehead atoms. The maximum atomic E-state index is 13.6. The van der Waals surface area contributed by atoms with Gasteiger partial charge in [-0.15, -0.1) is 0 Å². The number of benzene rings is 2. The van der Waals surface area contributed by atoms with Crippen LogP contribution in [0.2, 0.25) is 0 Å². The average Bonchev–Trinajstić information content (AvgIpc) is 2.76. The van der Waals surface area contributed by atoms with E-state index in [0.29, 0.717) is 5.56 Å². The molecule has 1 N–H and O–H groups in total. The minimum atomic E-state index is -4.49. The summed E-state index contributed by atoms with van der Waals surface area (Å²) < 4.78 is 51.7. The van der Waals surface area contributed by atoms with Gasteiger partial charge < -0.3 is 5.32 Å². The van der Waals surface area contributed by atoms with Gasteiger partial charge in [-0.2, -0.15) is 13.2 Å². The van der Waals surface area contributed by atoms with Crippen molar-refractivity contribution in [2.75, 3.05) is 5.32 Å². The van der Waals surface area contributed by atoms with E-state index in [-0.39, 0.29) is 16.8 Å². The lowest BCUT2D eigenvalue weighted by Crippen LogP contribution is -2.06. The van der Waals surface area contributed by atoms with Crippen molar-refractivity contribution in [3.05, 3.63) is 65.0 Å². The van der Waals surface area contributed by atoms with Crippen LogP contribution >= 0.6 is 0 Å². The Morgan fingerprint density at radius 2 is 1.77 bits per heavy atom. The molecule has 2 aromatic carbocycles. The van der Waals surface area contributed by atoms with E-state index < -0.39 is 23.5 Å². The van der Waals surface area contributed by atoms with Crippen LogP contribution in [0.4, 0.5) is 23.2 Å². The van der Waals surface area contributed by atoms with E-state index in [0.717, 1.165) is 12.1 Å². The number of hydrogen-bond acceptors (Lipinski definition) is 1. The molecule has 6 heteroatoms. The van der Waals surface area contributed by atoms with E-state index in [4.69, 9.17) is 0 Å². The molecule has 0 unspecified atom stereocenters. The Labute approximate surface area is 123 Å². The molecule has 0 saturated heterocycles. The zero-order valence-electron chi connectivity index (χ0n) is 11.0. The minimum absolute atomic E-state index is 0.0717. The molecule has 1 aliphatic heterocycles. The largest absolute Gasteiger partial charge is 0.416 e. The van der Waals surface area contributed by atoms with Gasteiger partial charge in [0.15, 0.2) is 0 Å². The predicted octanol–water partition coefficient (Wildman–Crippen LogP) is 4.34. The molecule has 1 heterocycles. The molecule has 0 aliphatic carbocycles. The van der Waals surface area contributed by atoms with Crippen molar-refractivity contribution in [1.82, 2.24) is 0 Å². The van der Waals surface area contributed by atoms with Gasteiger partial charge in [0.1, 0.15) is 5.82 Å². The smallest absolute Gasteiger partial charge is 0.321 e. The first-order valence-electron chi connectivity index (χ1n) is 6.35. The molecule has 0 atom stereocenters. The van der Waals surface area contributed by atoms with E-state index in [1.165, 1.54) is 30.3 Å². The second-order valence-corrected chi connectivity index (χ2v) is 4.79. The van der Waals surface area contributed by atoms with E-state index >= 15 is 0 Å². The maximum Gasteiger partial charge on any atom is 0.416 e. The summed E-state index contributed by atoms with van der Waals surface area (Å²) in [6.07, 6.45) is -3.17. The van der Waals surface area contributed by atoms with Gasteiger partial charge in [0.2, 0.25) is 0 Å². The first kappa shape index (κ1) is 14.3. The standard InChI is InChI=1S/C16H9F4NO/c17-13-4-2-1-3-9(13)7-12-11-6-5-10(16(18,19)20)8-14(11)21-15(12)22/h1-8H,(H,21,22)/b12-7+. The Balaban J connectivity index is 2.08. The third kappa shape index (κ3) is 2.47. The van der Waals surface area contributed by atoms with Crippen LogP contribution in [-0.2, 0) is 11.0 Å². The van der Waals surface area contributed by atoms with Crippen molar-refractivity contribution < 1.29 is 22.4 Å². The number of rotatable bonds is 1. The van der Waals surface area contributed by atoms with E-state index in [1.54, 1.807) is 6.07 Å². The number of alkyl halides is 3.